The Bertz CT molecular complexity index is 1130. The van der Waals surface area contributed by atoms with Crippen LogP contribution in [0.4, 0.5) is 5.82 Å². The molecule has 0 amide bonds. The monoisotopic (exact) mass is 466 g/mol. The summed E-state index contributed by atoms with van der Waals surface area (Å²) in [5, 5.41) is 12.4. The molecule has 0 spiro atoms. The maximum atomic E-state index is 11.5. The van der Waals surface area contributed by atoms with E-state index < -0.39 is 5.97 Å². The van der Waals surface area contributed by atoms with E-state index in [1.54, 1.807) is 14.2 Å². The zero-order chi connectivity index (χ0) is 25.8. The Kier molecular flexibility index (Phi) is 11.7. The van der Waals surface area contributed by atoms with Crippen molar-refractivity contribution in [2.45, 2.75) is 54.2 Å². The molecular formula is C27H38N4O3. The third-order valence-corrected chi connectivity index (χ3v) is 4.82. The van der Waals surface area contributed by atoms with Gasteiger partial charge in [-0.25, -0.2) is 14.8 Å². The first-order valence-electron chi connectivity index (χ1n) is 11.6. The van der Waals surface area contributed by atoms with Gasteiger partial charge in [-0.05, 0) is 37.1 Å². The van der Waals surface area contributed by atoms with Crippen LogP contribution in [0.1, 0.15) is 50.8 Å². The zero-order valence-corrected chi connectivity index (χ0v) is 21.6. The van der Waals surface area contributed by atoms with E-state index in [2.05, 4.69) is 32.5 Å². The fourth-order valence-electron chi connectivity index (χ4n) is 3.25. The van der Waals surface area contributed by atoms with Gasteiger partial charge < -0.3 is 19.7 Å². The van der Waals surface area contributed by atoms with E-state index in [4.69, 9.17) is 4.74 Å². The topological polar surface area (TPSA) is 89.3 Å². The third-order valence-electron chi connectivity index (χ3n) is 4.82. The van der Waals surface area contributed by atoms with Crippen LogP contribution in [0.25, 0.3) is 22.3 Å². The molecule has 2 aromatic heterocycles. The minimum Gasteiger partial charge on any atom is -0.475 e. The van der Waals surface area contributed by atoms with Crippen molar-refractivity contribution in [3.8, 4) is 11.3 Å². The lowest BCUT2D eigenvalue weighted by molar-refractivity contribution is 0.0684. The number of carbonyl (C=O) groups is 1. The molecule has 0 saturated carbocycles. The van der Waals surface area contributed by atoms with E-state index in [0.29, 0.717) is 17.9 Å². The summed E-state index contributed by atoms with van der Waals surface area (Å²) in [5.41, 5.74) is 5.21. The van der Waals surface area contributed by atoms with Crippen LogP contribution in [0, 0.1) is 6.92 Å². The number of benzene rings is 1. The molecule has 0 radical (unpaired) electrons. The van der Waals surface area contributed by atoms with Gasteiger partial charge in [0.25, 0.3) is 0 Å². The van der Waals surface area contributed by atoms with E-state index in [-0.39, 0.29) is 11.9 Å². The lowest BCUT2D eigenvalue weighted by Crippen LogP contribution is -2.09. The highest BCUT2D eigenvalue weighted by molar-refractivity contribution is 5.95. The number of aromatic carboxylic acids is 1. The highest BCUT2D eigenvalue weighted by Crippen LogP contribution is 2.32. The predicted molar refractivity (Wildman–Crippen MR) is 142 cm³/mol. The van der Waals surface area contributed by atoms with Gasteiger partial charge in [0.15, 0.2) is 5.82 Å². The van der Waals surface area contributed by atoms with E-state index in [0.717, 1.165) is 27.9 Å². The van der Waals surface area contributed by atoms with Crippen LogP contribution < -0.4 is 5.32 Å². The van der Waals surface area contributed by atoms with Crippen molar-refractivity contribution in [3.05, 3.63) is 66.0 Å². The van der Waals surface area contributed by atoms with Crippen molar-refractivity contribution < 1.29 is 14.6 Å². The van der Waals surface area contributed by atoms with Crippen molar-refractivity contribution in [2.75, 3.05) is 19.5 Å². The molecule has 34 heavy (non-hydrogen) atoms. The van der Waals surface area contributed by atoms with Gasteiger partial charge in [0.1, 0.15) is 5.52 Å². The number of rotatable bonds is 8. The highest BCUT2D eigenvalue weighted by atomic mass is 16.5. The van der Waals surface area contributed by atoms with Gasteiger partial charge in [0, 0.05) is 20.7 Å². The number of aromatic nitrogens is 3. The summed E-state index contributed by atoms with van der Waals surface area (Å²) in [6.07, 6.45) is 3.86. The third kappa shape index (κ3) is 7.02. The second-order valence-electron chi connectivity index (χ2n) is 7.13. The van der Waals surface area contributed by atoms with Crippen LogP contribution in [-0.2, 0) is 11.3 Å². The molecule has 3 rings (SSSR count). The number of nitrogens with one attached hydrogen (secondary N) is 1. The predicted octanol–water partition coefficient (Wildman–Crippen LogP) is 6.35. The molecule has 0 saturated heterocycles. The number of aryl methyl sites for hydroxylation is 1. The Balaban J connectivity index is 0.00000137. The number of carboxylic acid groups (broad SMARTS) is 1. The Morgan fingerprint density at radius 3 is 2.47 bits per heavy atom. The van der Waals surface area contributed by atoms with Gasteiger partial charge in [0.05, 0.1) is 17.3 Å². The number of carboxylic acids is 1. The first-order valence-corrected chi connectivity index (χ1v) is 11.6. The molecule has 1 unspecified atom stereocenters. The lowest BCUT2D eigenvalue weighted by atomic mass is 10.1. The minimum atomic E-state index is -1.17. The molecule has 0 aliphatic carbocycles. The average Bonchev–Trinajstić information content (AvgIpc) is 3.22. The van der Waals surface area contributed by atoms with E-state index in [9.17, 15) is 9.90 Å². The Labute approximate surface area is 203 Å². The molecule has 2 N–H and O–H groups in total. The molecule has 0 aliphatic heterocycles. The molecule has 1 atom stereocenters. The van der Waals surface area contributed by atoms with Crippen molar-refractivity contribution >= 4 is 22.8 Å². The number of hydrogen-bond donors (Lipinski definition) is 2. The van der Waals surface area contributed by atoms with Crippen molar-refractivity contribution in [2.24, 2.45) is 0 Å². The van der Waals surface area contributed by atoms with Crippen molar-refractivity contribution in [1.29, 1.82) is 0 Å². The minimum absolute atomic E-state index is 0.0197. The summed E-state index contributed by atoms with van der Waals surface area (Å²) >= 11 is 0. The van der Waals surface area contributed by atoms with E-state index in [1.165, 1.54) is 0 Å². The summed E-state index contributed by atoms with van der Waals surface area (Å²) in [4.78, 5) is 19.9. The van der Waals surface area contributed by atoms with Crippen LogP contribution in [0.15, 0.2) is 54.6 Å². The number of ether oxygens (including phenoxy) is 1. The van der Waals surface area contributed by atoms with Crippen LogP contribution in [-0.4, -0.2) is 45.9 Å². The summed E-state index contributed by atoms with van der Waals surface area (Å²) in [5.74, 6) is -0.954. The van der Waals surface area contributed by atoms with Crippen LogP contribution in [0.2, 0.25) is 0 Å². The Hall–Kier alpha value is -3.45. The van der Waals surface area contributed by atoms with Gasteiger partial charge in [-0.1, -0.05) is 70.2 Å². The van der Waals surface area contributed by atoms with Crippen molar-refractivity contribution in [3.63, 3.8) is 0 Å². The SMILES string of the molecule is C=C(/C=C\C(C)OC)Cn1c(-c2cccc(C)c2)cc2nc(C(=O)O)nc(NC)c21.CC.CC. The normalized spacial score (nSPS) is 11.3. The summed E-state index contributed by atoms with van der Waals surface area (Å²) in [6.45, 7) is 16.7. The number of anilines is 1. The highest BCUT2D eigenvalue weighted by Gasteiger charge is 2.19. The fourth-order valence-corrected chi connectivity index (χ4v) is 3.25. The summed E-state index contributed by atoms with van der Waals surface area (Å²) < 4.78 is 7.33. The van der Waals surface area contributed by atoms with Gasteiger partial charge in [-0.15, -0.1) is 0 Å². The number of allylic oxidation sites excluding steroid dienone is 2. The Morgan fingerprint density at radius 2 is 1.91 bits per heavy atom. The van der Waals surface area contributed by atoms with Gasteiger partial charge >= 0.3 is 5.97 Å². The van der Waals surface area contributed by atoms with E-state index in [1.807, 2.05) is 78.0 Å². The number of hydrogen-bond acceptors (Lipinski definition) is 5. The summed E-state index contributed by atoms with van der Waals surface area (Å²) in [7, 11) is 3.37. The second kappa shape index (κ2) is 14.0. The first-order chi connectivity index (χ1) is 16.3. The first kappa shape index (κ1) is 28.6. The van der Waals surface area contributed by atoms with E-state index >= 15 is 0 Å². The molecule has 1 aromatic carbocycles. The maximum absolute atomic E-state index is 11.5. The second-order valence-corrected chi connectivity index (χ2v) is 7.13. The summed E-state index contributed by atoms with van der Waals surface area (Å²) in [6, 6.07) is 10.0. The largest absolute Gasteiger partial charge is 0.475 e. The fraction of sp³-hybridized carbons (Fsp3) is 0.370. The van der Waals surface area contributed by atoms with Gasteiger partial charge in [-0.3, -0.25) is 0 Å². The lowest BCUT2D eigenvalue weighted by Gasteiger charge is -2.14. The van der Waals surface area contributed by atoms with Gasteiger partial charge in [-0.2, -0.15) is 0 Å². The number of methoxy groups -OCH3 is 1. The molecule has 2 heterocycles. The molecule has 184 valence electrons. The molecule has 0 fully saturated rings. The molecule has 0 bridgehead atoms. The van der Waals surface area contributed by atoms with Gasteiger partial charge in [0.2, 0.25) is 5.82 Å². The van der Waals surface area contributed by atoms with Crippen LogP contribution >= 0.6 is 0 Å². The number of fused-ring (bicyclic) bond motifs is 1. The standard InChI is InChI=1S/C23H26N4O3.2C2H6/c1-14-7-6-8-17(11-14)19-12-18-20(21(24-4)26-22(25-18)23(28)29)27(19)13-15(2)9-10-16(3)30-5;2*1-2/h6-12,16H,2,13H2,1,3-5H3,(H,28,29)(H,24,25,26);2*1-2H3/b10-9-;;. The smallest absolute Gasteiger partial charge is 0.374 e. The van der Waals surface area contributed by atoms with Crippen LogP contribution in [0.5, 0.6) is 0 Å². The maximum Gasteiger partial charge on any atom is 0.374 e. The molecule has 7 heteroatoms. The molecular weight excluding hydrogens is 428 g/mol. The molecule has 7 nitrogen and oxygen atoms in total. The average molecular weight is 467 g/mol. The Morgan fingerprint density at radius 1 is 1.24 bits per heavy atom. The molecule has 0 aliphatic rings. The zero-order valence-electron chi connectivity index (χ0n) is 21.6. The number of nitrogens with zero attached hydrogens (tertiary/aromatic N) is 3. The van der Waals surface area contributed by atoms with Crippen molar-refractivity contribution in [1.82, 2.24) is 14.5 Å². The quantitative estimate of drug-likeness (QED) is 0.376. The van der Waals surface area contributed by atoms with Crippen LogP contribution in [0.3, 0.4) is 0 Å². The molecule has 3 aromatic rings.